The lowest BCUT2D eigenvalue weighted by Crippen LogP contribution is -2.40. The molecule has 146 valence electrons. The van der Waals surface area contributed by atoms with Crippen LogP contribution in [0.25, 0.3) is 10.9 Å². The zero-order valence-electron chi connectivity index (χ0n) is 17.5. The molecular weight excluding hydrogens is 348 g/mol. The largest absolute Gasteiger partial charge is 0.321 e. The fourth-order valence-electron chi connectivity index (χ4n) is 3.42. The summed E-state index contributed by atoms with van der Waals surface area (Å²) in [4.78, 5) is 30.8. The van der Waals surface area contributed by atoms with Crippen LogP contribution in [0.2, 0.25) is 0 Å². The molecule has 3 aromatic rings. The second-order valence-corrected chi connectivity index (χ2v) is 8.52. The number of para-hydroxylation sites is 1. The molecule has 2 aromatic carbocycles. The number of aromatic nitrogens is 1. The fraction of sp³-hybridized carbons (Fsp3) is 0.333. The number of rotatable bonds is 3. The minimum Gasteiger partial charge on any atom is -0.321 e. The van der Waals surface area contributed by atoms with Crippen molar-refractivity contribution in [2.45, 2.75) is 48.1 Å². The summed E-state index contributed by atoms with van der Waals surface area (Å²) >= 11 is 0. The molecule has 1 heterocycles. The summed E-state index contributed by atoms with van der Waals surface area (Å²) in [7, 11) is 0. The zero-order chi connectivity index (χ0) is 20.6. The van der Waals surface area contributed by atoms with Crippen LogP contribution in [0, 0.1) is 26.2 Å². The molecule has 4 nitrogen and oxygen atoms in total. The van der Waals surface area contributed by atoms with E-state index in [2.05, 4.69) is 4.98 Å². The first-order valence-corrected chi connectivity index (χ1v) is 9.59. The molecular formula is C24H28N2O2. The predicted molar refractivity (Wildman–Crippen MR) is 116 cm³/mol. The Morgan fingerprint density at radius 3 is 2.32 bits per heavy atom. The lowest BCUT2D eigenvalue weighted by Gasteiger charge is -2.31. The summed E-state index contributed by atoms with van der Waals surface area (Å²) in [6, 6.07) is 13.8. The van der Waals surface area contributed by atoms with E-state index in [1.807, 2.05) is 84.0 Å². The molecule has 0 aliphatic rings. The second kappa shape index (κ2) is 7.27. The Labute approximate surface area is 166 Å². The number of nitrogens with zero attached hydrogens (tertiary/aromatic N) is 1. The Bertz CT molecular complexity index is 1100. The molecule has 3 rings (SSSR count). The number of carbonyl (C=O) groups excluding carboxylic acids is 1. The number of aromatic amines is 1. The SMILES string of the molecule is Cc1cccc(N(Cc2cc3cccc(C)c3[nH]c2=O)C(=O)C(C)(C)C)c1C. The van der Waals surface area contributed by atoms with Gasteiger partial charge in [0.25, 0.3) is 5.56 Å². The normalized spacial score (nSPS) is 11.6. The van der Waals surface area contributed by atoms with Gasteiger partial charge in [-0.3, -0.25) is 9.59 Å². The highest BCUT2D eigenvalue weighted by atomic mass is 16.2. The van der Waals surface area contributed by atoms with E-state index in [4.69, 9.17) is 0 Å². The van der Waals surface area contributed by atoms with E-state index in [-0.39, 0.29) is 18.0 Å². The Kier molecular flexibility index (Phi) is 5.16. The van der Waals surface area contributed by atoms with Gasteiger partial charge in [0.2, 0.25) is 5.91 Å². The van der Waals surface area contributed by atoms with Gasteiger partial charge in [-0.2, -0.15) is 0 Å². The molecule has 0 saturated carbocycles. The van der Waals surface area contributed by atoms with Crippen molar-refractivity contribution in [1.29, 1.82) is 0 Å². The van der Waals surface area contributed by atoms with E-state index in [1.54, 1.807) is 4.90 Å². The quantitative estimate of drug-likeness (QED) is 0.697. The molecule has 0 aliphatic heterocycles. The van der Waals surface area contributed by atoms with Gasteiger partial charge >= 0.3 is 0 Å². The van der Waals surface area contributed by atoms with Crippen LogP contribution in [0.15, 0.2) is 47.3 Å². The van der Waals surface area contributed by atoms with Gasteiger partial charge in [-0.05, 0) is 55.0 Å². The van der Waals surface area contributed by atoms with Crippen molar-refractivity contribution < 1.29 is 4.79 Å². The van der Waals surface area contributed by atoms with E-state index in [0.29, 0.717) is 5.56 Å². The topological polar surface area (TPSA) is 53.2 Å². The molecule has 0 aliphatic carbocycles. The summed E-state index contributed by atoms with van der Waals surface area (Å²) in [5.41, 5.74) is 4.76. The van der Waals surface area contributed by atoms with Crippen LogP contribution in [0.4, 0.5) is 5.69 Å². The molecule has 4 heteroatoms. The van der Waals surface area contributed by atoms with Crippen LogP contribution in [0.1, 0.15) is 43.0 Å². The summed E-state index contributed by atoms with van der Waals surface area (Å²) in [6.45, 7) is 12.0. The van der Waals surface area contributed by atoms with E-state index in [9.17, 15) is 9.59 Å². The van der Waals surface area contributed by atoms with Crippen molar-refractivity contribution in [2.24, 2.45) is 5.41 Å². The van der Waals surface area contributed by atoms with Crippen LogP contribution >= 0.6 is 0 Å². The van der Waals surface area contributed by atoms with Crippen LogP contribution < -0.4 is 10.5 Å². The third-order valence-corrected chi connectivity index (χ3v) is 5.25. The van der Waals surface area contributed by atoms with Gasteiger partial charge in [0.05, 0.1) is 12.1 Å². The number of pyridine rings is 1. The van der Waals surface area contributed by atoms with Crippen molar-refractivity contribution in [2.75, 3.05) is 4.90 Å². The molecule has 0 spiro atoms. The van der Waals surface area contributed by atoms with E-state index in [1.165, 1.54) is 0 Å². The molecule has 1 aromatic heterocycles. The van der Waals surface area contributed by atoms with E-state index in [0.717, 1.165) is 33.3 Å². The lowest BCUT2D eigenvalue weighted by molar-refractivity contribution is -0.125. The number of aryl methyl sites for hydroxylation is 2. The Morgan fingerprint density at radius 1 is 1.00 bits per heavy atom. The smallest absolute Gasteiger partial charge is 0.253 e. The van der Waals surface area contributed by atoms with Gasteiger partial charge < -0.3 is 9.88 Å². The summed E-state index contributed by atoms with van der Waals surface area (Å²) in [6.07, 6.45) is 0. The Balaban J connectivity index is 2.14. The standard InChI is InChI=1S/C24H28N2O2/c1-15-9-8-12-20(17(15)3)26(23(28)24(4,5)6)14-19-13-18-11-7-10-16(2)21(18)25-22(19)27/h7-13H,14H2,1-6H3,(H,25,27). The number of hydrogen-bond donors (Lipinski definition) is 1. The van der Waals surface area contributed by atoms with Gasteiger partial charge in [-0.1, -0.05) is 51.1 Å². The number of H-pyrrole nitrogens is 1. The highest BCUT2D eigenvalue weighted by molar-refractivity contribution is 5.97. The third-order valence-electron chi connectivity index (χ3n) is 5.25. The van der Waals surface area contributed by atoms with Gasteiger partial charge in [0.15, 0.2) is 0 Å². The van der Waals surface area contributed by atoms with Gasteiger partial charge in [0, 0.05) is 16.7 Å². The number of anilines is 1. The van der Waals surface area contributed by atoms with E-state index < -0.39 is 5.41 Å². The van der Waals surface area contributed by atoms with Gasteiger partial charge in [-0.25, -0.2) is 0 Å². The highest BCUT2D eigenvalue weighted by Crippen LogP contribution is 2.29. The average Bonchev–Trinajstić information content (AvgIpc) is 2.62. The van der Waals surface area contributed by atoms with Crippen molar-refractivity contribution in [3.05, 3.63) is 75.1 Å². The molecule has 0 atom stereocenters. The number of nitrogens with one attached hydrogen (secondary N) is 1. The molecule has 28 heavy (non-hydrogen) atoms. The number of carbonyl (C=O) groups is 1. The Morgan fingerprint density at radius 2 is 1.64 bits per heavy atom. The third kappa shape index (κ3) is 3.72. The molecule has 0 radical (unpaired) electrons. The van der Waals surface area contributed by atoms with Crippen LogP contribution in [-0.2, 0) is 11.3 Å². The highest BCUT2D eigenvalue weighted by Gasteiger charge is 2.30. The first kappa shape index (κ1) is 19.9. The minimum atomic E-state index is -0.559. The second-order valence-electron chi connectivity index (χ2n) is 8.52. The molecule has 1 amide bonds. The van der Waals surface area contributed by atoms with Crippen molar-refractivity contribution >= 4 is 22.5 Å². The summed E-state index contributed by atoms with van der Waals surface area (Å²) < 4.78 is 0. The summed E-state index contributed by atoms with van der Waals surface area (Å²) in [5.74, 6) is -0.00932. The maximum absolute atomic E-state index is 13.3. The summed E-state index contributed by atoms with van der Waals surface area (Å²) in [5, 5.41) is 0.971. The average molecular weight is 377 g/mol. The maximum Gasteiger partial charge on any atom is 0.253 e. The van der Waals surface area contributed by atoms with Crippen molar-refractivity contribution in [3.8, 4) is 0 Å². The number of fused-ring (bicyclic) bond motifs is 1. The van der Waals surface area contributed by atoms with Gasteiger partial charge in [0.1, 0.15) is 0 Å². The maximum atomic E-state index is 13.3. The van der Waals surface area contributed by atoms with Crippen LogP contribution in [0.3, 0.4) is 0 Å². The predicted octanol–water partition coefficient (Wildman–Crippen LogP) is 5.03. The first-order chi connectivity index (χ1) is 13.1. The molecule has 0 fully saturated rings. The Hall–Kier alpha value is -2.88. The van der Waals surface area contributed by atoms with Crippen LogP contribution in [-0.4, -0.2) is 10.9 Å². The monoisotopic (exact) mass is 376 g/mol. The lowest BCUT2D eigenvalue weighted by atomic mass is 9.93. The minimum absolute atomic E-state index is 0.00932. The van der Waals surface area contributed by atoms with Crippen molar-refractivity contribution in [1.82, 2.24) is 4.98 Å². The molecule has 0 saturated heterocycles. The number of hydrogen-bond acceptors (Lipinski definition) is 2. The molecule has 0 bridgehead atoms. The zero-order valence-corrected chi connectivity index (χ0v) is 17.5. The molecule has 1 N–H and O–H groups in total. The van der Waals surface area contributed by atoms with Crippen molar-refractivity contribution in [3.63, 3.8) is 0 Å². The van der Waals surface area contributed by atoms with E-state index >= 15 is 0 Å². The first-order valence-electron chi connectivity index (χ1n) is 9.59. The fourth-order valence-corrected chi connectivity index (χ4v) is 3.42. The molecule has 0 unspecified atom stereocenters. The van der Waals surface area contributed by atoms with Gasteiger partial charge in [-0.15, -0.1) is 0 Å². The number of benzene rings is 2. The number of amides is 1. The van der Waals surface area contributed by atoms with Crippen LogP contribution in [0.5, 0.6) is 0 Å².